The second kappa shape index (κ2) is 14.1. The molecule has 1 spiro atoms. The molecule has 2 aromatic heterocycles. The van der Waals surface area contributed by atoms with E-state index in [0.29, 0.717) is 38.7 Å². The first kappa shape index (κ1) is 34.9. The molecule has 54 heavy (non-hydrogen) atoms. The molecule has 1 N–H and O–H groups in total. The number of amides is 3. The Balaban J connectivity index is 0.734. The zero-order valence-corrected chi connectivity index (χ0v) is 31.5. The molecular weight excluding hydrogens is 701 g/mol. The summed E-state index contributed by atoms with van der Waals surface area (Å²) in [6, 6.07) is 16.6. The van der Waals surface area contributed by atoms with Crippen molar-refractivity contribution < 1.29 is 23.9 Å². The summed E-state index contributed by atoms with van der Waals surface area (Å²) in [6.45, 7) is 3.39. The first-order valence-corrected chi connectivity index (χ1v) is 20.1. The fraction of sp³-hybridized carbons (Fsp3) is 0.476. The highest BCUT2D eigenvalue weighted by molar-refractivity contribution is 7.17. The van der Waals surface area contributed by atoms with Gasteiger partial charge in [-0.3, -0.25) is 24.7 Å². The van der Waals surface area contributed by atoms with Gasteiger partial charge in [-0.15, -0.1) is 5.10 Å². The molecule has 2 aromatic carbocycles. The smallest absolute Gasteiger partial charge is 0.296 e. The van der Waals surface area contributed by atoms with Crippen molar-refractivity contribution in [1.82, 2.24) is 25.0 Å². The number of ether oxygens (including phenoxy) is 2. The molecule has 2 saturated heterocycles. The van der Waals surface area contributed by atoms with Crippen molar-refractivity contribution in [1.29, 1.82) is 0 Å². The normalized spacial score (nSPS) is 24.9. The maximum absolute atomic E-state index is 13.4. The number of nitrogens with one attached hydrogen (secondary N) is 1. The zero-order valence-electron chi connectivity index (χ0n) is 30.7. The maximum atomic E-state index is 13.4. The topological polar surface area (TPSA) is 127 Å². The van der Waals surface area contributed by atoms with Gasteiger partial charge >= 0.3 is 0 Å². The first-order chi connectivity index (χ1) is 26.3. The molecule has 10 rings (SSSR count). The molecule has 6 aliphatic rings. The lowest BCUT2D eigenvalue weighted by atomic mass is 9.48. The molecule has 0 radical (unpaired) electrons. The van der Waals surface area contributed by atoms with E-state index in [4.69, 9.17) is 9.47 Å². The van der Waals surface area contributed by atoms with E-state index in [9.17, 15) is 14.4 Å². The van der Waals surface area contributed by atoms with Gasteiger partial charge in [0.1, 0.15) is 12.4 Å². The van der Waals surface area contributed by atoms with Gasteiger partial charge < -0.3 is 19.3 Å². The summed E-state index contributed by atoms with van der Waals surface area (Å²) in [5.74, 6) is 3.32. The number of likely N-dealkylation sites (tertiary alicyclic amines) is 2. The largest absolute Gasteiger partial charge is 0.496 e. The van der Waals surface area contributed by atoms with Crippen LogP contribution in [0.15, 0.2) is 67.0 Å². The Hall–Kier alpha value is -4.84. The zero-order chi connectivity index (χ0) is 36.9. The molecule has 12 heteroatoms. The summed E-state index contributed by atoms with van der Waals surface area (Å²) in [4.78, 5) is 48.4. The van der Waals surface area contributed by atoms with Crippen molar-refractivity contribution in [2.75, 3.05) is 38.6 Å². The summed E-state index contributed by atoms with van der Waals surface area (Å²) in [5, 5.41) is 11.6. The van der Waals surface area contributed by atoms with E-state index in [1.54, 1.807) is 25.6 Å². The van der Waals surface area contributed by atoms with Gasteiger partial charge in [0, 0.05) is 67.1 Å². The number of para-hydroxylation sites is 1. The monoisotopic (exact) mass is 746 g/mol. The number of anilines is 1. The van der Waals surface area contributed by atoms with E-state index < -0.39 is 0 Å². The Kier molecular flexibility index (Phi) is 9.11. The Morgan fingerprint density at radius 2 is 1.57 bits per heavy atom. The third kappa shape index (κ3) is 6.85. The molecule has 6 fully saturated rings. The van der Waals surface area contributed by atoms with Crippen LogP contribution in [0.5, 0.6) is 10.9 Å². The summed E-state index contributed by atoms with van der Waals surface area (Å²) in [6.07, 6.45) is 13.9. The van der Waals surface area contributed by atoms with Crippen LogP contribution in [0.1, 0.15) is 84.1 Å². The van der Waals surface area contributed by atoms with Crippen LogP contribution in [0, 0.1) is 28.6 Å². The van der Waals surface area contributed by atoms with Crippen LogP contribution in [0.2, 0.25) is 0 Å². The van der Waals surface area contributed by atoms with Gasteiger partial charge in [0.2, 0.25) is 11.0 Å². The molecule has 0 atom stereocenters. The van der Waals surface area contributed by atoms with Gasteiger partial charge in [-0.25, -0.2) is 0 Å². The molecule has 3 amide bonds. The molecule has 4 heterocycles. The molecule has 280 valence electrons. The standard InChI is InChI=1S/C42H46N6O5S/c1-52-35-5-3-2-4-32(35)34-23-43-13-10-33(34)37(50)44-39-45-46-40(54-39)53-24-27-6-8-31(9-7-27)38(51)47-14-11-41(12-15-47)25-48(26-41)36(49)22-42-19-28-16-29(20-42)18-30(17-28)21-42/h2-10,13,23,28-30H,11-12,14-22,24-26H2,1H3,(H,44,45,50). The number of benzene rings is 2. The minimum Gasteiger partial charge on any atom is -0.496 e. The van der Waals surface area contributed by atoms with Crippen molar-refractivity contribution >= 4 is 34.2 Å². The van der Waals surface area contributed by atoms with Gasteiger partial charge in [-0.05, 0) is 116 Å². The van der Waals surface area contributed by atoms with E-state index in [0.717, 1.165) is 85.7 Å². The lowest BCUT2D eigenvalue weighted by Gasteiger charge is -2.58. The van der Waals surface area contributed by atoms with Crippen molar-refractivity contribution in [2.24, 2.45) is 28.6 Å². The number of pyridine rings is 1. The van der Waals surface area contributed by atoms with E-state index in [1.165, 1.54) is 38.5 Å². The van der Waals surface area contributed by atoms with Gasteiger partial charge in [0.05, 0.1) is 12.7 Å². The van der Waals surface area contributed by atoms with Gasteiger partial charge in [0.15, 0.2) is 0 Å². The van der Waals surface area contributed by atoms with E-state index >= 15 is 0 Å². The van der Waals surface area contributed by atoms with E-state index in [2.05, 4.69) is 25.4 Å². The van der Waals surface area contributed by atoms with Crippen molar-refractivity contribution in [3.63, 3.8) is 0 Å². The first-order valence-electron chi connectivity index (χ1n) is 19.3. The lowest BCUT2D eigenvalue weighted by molar-refractivity contribution is -0.154. The van der Waals surface area contributed by atoms with Gasteiger partial charge in [0.25, 0.3) is 17.0 Å². The molecule has 4 bridgehead atoms. The van der Waals surface area contributed by atoms with Gasteiger partial charge in [-0.1, -0.05) is 35.4 Å². The number of rotatable bonds is 10. The number of carbonyl (C=O) groups is 3. The van der Waals surface area contributed by atoms with Crippen LogP contribution in [0.25, 0.3) is 11.1 Å². The number of piperidine rings is 1. The quantitative estimate of drug-likeness (QED) is 0.182. The van der Waals surface area contributed by atoms with E-state index in [1.807, 2.05) is 53.4 Å². The second-order valence-electron chi connectivity index (χ2n) is 16.6. The van der Waals surface area contributed by atoms with Crippen LogP contribution in [0.4, 0.5) is 5.13 Å². The third-order valence-corrected chi connectivity index (χ3v) is 13.6. The SMILES string of the molecule is COc1ccccc1-c1cnccc1C(=O)Nc1nnc(OCc2ccc(C(=O)N3CCC4(CC3)CN(C(=O)CC35CC6CC(CC(C6)C3)C5)C4)cc2)s1. The molecule has 2 aliphatic heterocycles. The lowest BCUT2D eigenvalue weighted by Crippen LogP contribution is -2.63. The average molecular weight is 747 g/mol. The van der Waals surface area contributed by atoms with Crippen LogP contribution in [-0.4, -0.2) is 76.0 Å². The Bertz CT molecular complexity index is 2010. The second-order valence-corrected chi connectivity index (χ2v) is 17.5. The van der Waals surface area contributed by atoms with Crippen molar-refractivity contribution in [3.8, 4) is 22.1 Å². The number of aromatic nitrogens is 3. The minimum absolute atomic E-state index is 0.0407. The van der Waals surface area contributed by atoms with Crippen LogP contribution in [0.3, 0.4) is 0 Å². The summed E-state index contributed by atoms with van der Waals surface area (Å²) in [7, 11) is 1.59. The third-order valence-electron chi connectivity index (χ3n) is 12.9. The fourth-order valence-corrected chi connectivity index (χ4v) is 11.2. The number of methoxy groups -OCH3 is 1. The number of hydrogen-bond acceptors (Lipinski definition) is 9. The molecule has 4 saturated carbocycles. The fourth-order valence-electron chi connectivity index (χ4n) is 10.6. The number of nitrogens with zero attached hydrogens (tertiary/aromatic N) is 5. The van der Waals surface area contributed by atoms with Crippen LogP contribution in [-0.2, 0) is 11.4 Å². The molecule has 4 aromatic rings. The summed E-state index contributed by atoms with van der Waals surface area (Å²) >= 11 is 1.13. The van der Waals surface area contributed by atoms with Crippen molar-refractivity contribution in [2.45, 2.75) is 64.4 Å². The minimum atomic E-state index is -0.350. The van der Waals surface area contributed by atoms with Crippen LogP contribution >= 0.6 is 11.3 Å². The average Bonchev–Trinajstić information content (AvgIpc) is 3.62. The molecule has 11 nitrogen and oxygen atoms in total. The van der Waals surface area contributed by atoms with E-state index in [-0.39, 0.29) is 29.3 Å². The highest BCUT2D eigenvalue weighted by atomic mass is 32.1. The predicted octanol–water partition coefficient (Wildman–Crippen LogP) is 7.11. The van der Waals surface area contributed by atoms with Gasteiger partial charge in [-0.2, -0.15) is 0 Å². The van der Waals surface area contributed by atoms with Crippen molar-refractivity contribution in [3.05, 3.63) is 83.7 Å². The number of carbonyl (C=O) groups excluding carboxylic acids is 3. The predicted molar refractivity (Wildman–Crippen MR) is 204 cm³/mol. The highest BCUT2D eigenvalue weighted by Crippen LogP contribution is 2.61. The summed E-state index contributed by atoms with van der Waals surface area (Å²) < 4.78 is 11.4. The molecule has 4 aliphatic carbocycles. The maximum Gasteiger partial charge on any atom is 0.296 e. The molecule has 0 unspecified atom stereocenters. The highest BCUT2D eigenvalue weighted by Gasteiger charge is 2.53. The number of hydrogen-bond donors (Lipinski definition) is 1. The Morgan fingerprint density at radius 1 is 0.870 bits per heavy atom. The Morgan fingerprint density at radius 3 is 2.28 bits per heavy atom. The summed E-state index contributed by atoms with van der Waals surface area (Å²) in [5.41, 5.74) is 3.82. The molecular formula is C42H46N6O5S. The Labute approximate surface area is 319 Å². The van der Waals surface area contributed by atoms with Crippen LogP contribution < -0.4 is 14.8 Å².